The van der Waals surface area contributed by atoms with Crippen LogP contribution >= 0.6 is 22.6 Å². The fraction of sp³-hybridized carbons (Fsp3) is 0.455. The van der Waals surface area contributed by atoms with Gasteiger partial charge in [-0.2, -0.15) is 0 Å². The van der Waals surface area contributed by atoms with Crippen molar-refractivity contribution >= 4 is 34.0 Å². The van der Waals surface area contributed by atoms with Gasteiger partial charge in [0.05, 0.1) is 8.49 Å². The Bertz CT molecular complexity index is 464. The van der Waals surface area contributed by atoms with E-state index in [0.29, 0.717) is 13.2 Å². The summed E-state index contributed by atoms with van der Waals surface area (Å²) in [6.45, 7) is 1.25. The van der Waals surface area contributed by atoms with Crippen molar-refractivity contribution < 1.29 is 14.1 Å². The maximum Gasteiger partial charge on any atom is 0.293 e. The highest BCUT2D eigenvalue weighted by atomic mass is 127. The molecule has 5 nitrogen and oxygen atoms in total. The number of rotatable bonds is 3. The van der Waals surface area contributed by atoms with Crippen LogP contribution in [0, 0.1) is 19.5 Å². The first-order valence-electron chi connectivity index (χ1n) is 5.55. The van der Waals surface area contributed by atoms with Gasteiger partial charge in [-0.25, -0.2) is 4.39 Å². The molecule has 1 aliphatic heterocycles. The SMILES string of the molecule is O=[N+]([O-])c1cc(I)c(F)cc1NC1CCOCC1. The summed E-state index contributed by atoms with van der Waals surface area (Å²) in [6.07, 6.45) is 1.54. The number of ether oxygens (including phenoxy) is 1. The molecule has 1 aromatic carbocycles. The van der Waals surface area contributed by atoms with E-state index in [9.17, 15) is 14.5 Å². The Kier molecular flexibility index (Phi) is 4.33. The van der Waals surface area contributed by atoms with Crippen molar-refractivity contribution in [3.8, 4) is 0 Å². The smallest absolute Gasteiger partial charge is 0.293 e. The van der Waals surface area contributed by atoms with Gasteiger partial charge in [0.2, 0.25) is 0 Å². The highest BCUT2D eigenvalue weighted by molar-refractivity contribution is 14.1. The average molecular weight is 366 g/mol. The molecule has 1 saturated heterocycles. The second kappa shape index (κ2) is 5.79. The van der Waals surface area contributed by atoms with Crippen LogP contribution in [0.4, 0.5) is 15.8 Å². The van der Waals surface area contributed by atoms with E-state index in [0.717, 1.165) is 12.8 Å². The number of anilines is 1. The molecule has 0 aliphatic carbocycles. The largest absolute Gasteiger partial charge is 0.381 e. The van der Waals surface area contributed by atoms with Gasteiger partial charge in [-0.15, -0.1) is 0 Å². The molecule has 0 bridgehead atoms. The third kappa shape index (κ3) is 3.08. The van der Waals surface area contributed by atoms with E-state index < -0.39 is 10.7 Å². The fourth-order valence-electron chi connectivity index (χ4n) is 1.86. The molecule has 1 N–H and O–H groups in total. The predicted molar refractivity (Wildman–Crippen MR) is 73.2 cm³/mol. The van der Waals surface area contributed by atoms with E-state index in [-0.39, 0.29) is 21.0 Å². The Balaban J connectivity index is 2.24. The van der Waals surface area contributed by atoms with E-state index in [1.54, 1.807) is 22.6 Å². The van der Waals surface area contributed by atoms with E-state index in [1.165, 1.54) is 12.1 Å². The first-order valence-corrected chi connectivity index (χ1v) is 6.63. The molecule has 0 radical (unpaired) electrons. The van der Waals surface area contributed by atoms with Crippen molar-refractivity contribution in [3.63, 3.8) is 0 Å². The van der Waals surface area contributed by atoms with Gasteiger partial charge in [0.15, 0.2) is 0 Å². The van der Waals surface area contributed by atoms with Gasteiger partial charge in [-0.1, -0.05) is 0 Å². The molecule has 1 aliphatic rings. The van der Waals surface area contributed by atoms with Crippen LogP contribution in [0.2, 0.25) is 0 Å². The fourth-order valence-corrected chi connectivity index (χ4v) is 2.32. The van der Waals surface area contributed by atoms with Crippen LogP contribution in [0.1, 0.15) is 12.8 Å². The number of hydrogen-bond donors (Lipinski definition) is 1. The minimum absolute atomic E-state index is 0.0905. The second-order valence-corrected chi connectivity index (χ2v) is 5.23. The standard InChI is InChI=1S/C11H12FIN2O3/c12-8-5-10(11(15(16)17)6-9(8)13)14-7-1-3-18-4-2-7/h5-7,14H,1-4H2. The first kappa shape index (κ1) is 13.5. The maximum absolute atomic E-state index is 13.5. The van der Waals surface area contributed by atoms with Crippen molar-refractivity contribution in [1.82, 2.24) is 0 Å². The summed E-state index contributed by atoms with van der Waals surface area (Å²) in [7, 11) is 0. The van der Waals surface area contributed by atoms with Gasteiger partial charge >= 0.3 is 0 Å². The molecule has 98 valence electrons. The third-order valence-corrected chi connectivity index (χ3v) is 3.64. The summed E-state index contributed by atoms with van der Waals surface area (Å²) < 4.78 is 18.9. The molecule has 0 atom stereocenters. The number of halogens is 2. The number of nitro groups is 1. The Morgan fingerprint density at radius 2 is 2.11 bits per heavy atom. The minimum atomic E-state index is -0.497. The Morgan fingerprint density at radius 1 is 1.44 bits per heavy atom. The van der Waals surface area contributed by atoms with Crippen molar-refractivity contribution in [2.75, 3.05) is 18.5 Å². The van der Waals surface area contributed by atoms with Crippen LogP contribution in [0.25, 0.3) is 0 Å². The van der Waals surface area contributed by atoms with Gasteiger partial charge in [0, 0.05) is 31.4 Å². The molecule has 0 amide bonds. The lowest BCUT2D eigenvalue weighted by Gasteiger charge is -2.24. The van der Waals surface area contributed by atoms with Crippen LogP contribution < -0.4 is 5.32 Å². The quantitative estimate of drug-likeness (QED) is 0.508. The summed E-state index contributed by atoms with van der Waals surface area (Å²) in [4.78, 5) is 10.4. The number of hydrogen-bond acceptors (Lipinski definition) is 4. The highest BCUT2D eigenvalue weighted by Crippen LogP contribution is 2.30. The molecule has 18 heavy (non-hydrogen) atoms. The Hall–Kier alpha value is -0.960. The molecule has 0 aromatic heterocycles. The highest BCUT2D eigenvalue weighted by Gasteiger charge is 2.21. The van der Waals surface area contributed by atoms with Crippen LogP contribution in [0.15, 0.2) is 12.1 Å². The van der Waals surface area contributed by atoms with E-state index in [1.807, 2.05) is 0 Å². The molecule has 7 heteroatoms. The lowest BCUT2D eigenvalue weighted by atomic mass is 10.1. The van der Waals surface area contributed by atoms with Gasteiger partial charge in [0.25, 0.3) is 5.69 Å². The monoisotopic (exact) mass is 366 g/mol. The summed E-state index contributed by atoms with van der Waals surface area (Å²) in [6, 6.07) is 2.53. The van der Waals surface area contributed by atoms with E-state index in [2.05, 4.69) is 5.32 Å². The summed E-state index contributed by atoms with van der Waals surface area (Å²) in [5.74, 6) is -0.448. The van der Waals surface area contributed by atoms with Gasteiger partial charge in [-0.05, 0) is 35.4 Å². The lowest BCUT2D eigenvalue weighted by molar-refractivity contribution is -0.384. The summed E-state index contributed by atoms with van der Waals surface area (Å²) >= 11 is 1.74. The van der Waals surface area contributed by atoms with Gasteiger partial charge < -0.3 is 10.1 Å². The van der Waals surface area contributed by atoms with Crippen molar-refractivity contribution in [3.05, 3.63) is 31.6 Å². The summed E-state index contributed by atoms with van der Waals surface area (Å²) in [5, 5.41) is 14.0. The third-order valence-electron chi connectivity index (χ3n) is 2.82. The van der Waals surface area contributed by atoms with E-state index in [4.69, 9.17) is 4.74 Å². The first-order chi connectivity index (χ1) is 8.58. The van der Waals surface area contributed by atoms with Crippen molar-refractivity contribution in [1.29, 1.82) is 0 Å². The summed E-state index contributed by atoms with van der Waals surface area (Å²) in [5.41, 5.74) is 0.150. The predicted octanol–water partition coefficient (Wildman–Crippen LogP) is 2.93. The number of benzene rings is 1. The molecule has 0 saturated carbocycles. The molecule has 1 fully saturated rings. The number of nitrogens with zero attached hydrogens (tertiary/aromatic N) is 1. The van der Waals surface area contributed by atoms with Crippen molar-refractivity contribution in [2.45, 2.75) is 18.9 Å². The molecule has 1 aromatic rings. The molecular formula is C11H12FIN2O3. The van der Waals surface area contributed by atoms with Crippen LogP contribution in [0.5, 0.6) is 0 Å². The molecule has 0 unspecified atom stereocenters. The number of nitro benzene ring substituents is 1. The molecule has 0 spiro atoms. The Morgan fingerprint density at radius 3 is 2.72 bits per heavy atom. The zero-order valence-corrected chi connectivity index (χ0v) is 11.6. The second-order valence-electron chi connectivity index (χ2n) is 4.07. The lowest BCUT2D eigenvalue weighted by Crippen LogP contribution is -2.28. The number of nitrogens with one attached hydrogen (secondary N) is 1. The Labute approximate surface area is 117 Å². The molecule has 2 rings (SSSR count). The normalized spacial score (nSPS) is 16.6. The zero-order valence-electron chi connectivity index (χ0n) is 9.49. The van der Waals surface area contributed by atoms with Crippen LogP contribution in [0.3, 0.4) is 0 Å². The van der Waals surface area contributed by atoms with Gasteiger partial charge in [-0.3, -0.25) is 10.1 Å². The molecular weight excluding hydrogens is 354 g/mol. The minimum Gasteiger partial charge on any atom is -0.381 e. The van der Waals surface area contributed by atoms with Crippen molar-refractivity contribution in [2.24, 2.45) is 0 Å². The van der Waals surface area contributed by atoms with E-state index >= 15 is 0 Å². The maximum atomic E-state index is 13.5. The average Bonchev–Trinajstić information content (AvgIpc) is 2.34. The topological polar surface area (TPSA) is 64.4 Å². The molecule has 1 heterocycles. The zero-order chi connectivity index (χ0) is 13.1. The van der Waals surface area contributed by atoms with Gasteiger partial charge in [0.1, 0.15) is 11.5 Å². The van der Waals surface area contributed by atoms with Crippen LogP contribution in [-0.2, 0) is 4.74 Å². The van der Waals surface area contributed by atoms with Crippen LogP contribution in [-0.4, -0.2) is 24.2 Å².